The molecule has 2 rings (SSSR count). The van der Waals surface area contributed by atoms with Gasteiger partial charge in [0.1, 0.15) is 0 Å². The van der Waals surface area contributed by atoms with Gasteiger partial charge < -0.3 is 10.8 Å². The van der Waals surface area contributed by atoms with Crippen LogP contribution in [-0.2, 0) is 0 Å². The van der Waals surface area contributed by atoms with Gasteiger partial charge in [-0.15, -0.1) is 0 Å². The third-order valence-electron chi connectivity index (χ3n) is 4.86. The van der Waals surface area contributed by atoms with Crippen LogP contribution in [0.4, 0.5) is 0 Å². The van der Waals surface area contributed by atoms with Crippen LogP contribution in [0.15, 0.2) is 0 Å². The summed E-state index contributed by atoms with van der Waals surface area (Å²) in [6.07, 6.45) is 2.05. The summed E-state index contributed by atoms with van der Waals surface area (Å²) < 4.78 is 0. The van der Waals surface area contributed by atoms with Gasteiger partial charge in [0.15, 0.2) is 0 Å². The summed E-state index contributed by atoms with van der Waals surface area (Å²) in [7, 11) is 0. The number of fused-ring (bicyclic) bond motifs is 2. The first-order chi connectivity index (χ1) is 5.41. The molecular formula is C10H19NO. The van der Waals surface area contributed by atoms with E-state index in [4.69, 9.17) is 5.73 Å². The number of aliphatic hydroxyl groups excluding tert-OH is 1. The van der Waals surface area contributed by atoms with E-state index in [2.05, 4.69) is 20.8 Å². The van der Waals surface area contributed by atoms with Crippen molar-refractivity contribution >= 4 is 0 Å². The lowest BCUT2D eigenvalue weighted by Crippen LogP contribution is -2.43. The van der Waals surface area contributed by atoms with Gasteiger partial charge in [-0.2, -0.15) is 0 Å². The first kappa shape index (κ1) is 8.52. The molecule has 0 aliphatic heterocycles. The largest absolute Gasteiger partial charge is 0.391 e. The molecule has 70 valence electrons. The second kappa shape index (κ2) is 2.05. The van der Waals surface area contributed by atoms with E-state index in [1.807, 2.05) is 0 Å². The minimum atomic E-state index is -0.286. The molecule has 2 aliphatic rings. The van der Waals surface area contributed by atoms with E-state index in [1.54, 1.807) is 0 Å². The summed E-state index contributed by atoms with van der Waals surface area (Å²) >= 11 is 0. The molecule has 2 bridgehead atoms. The first-order valence-electron chi connectivity index (χ1n) is 4.85. The van der Waals surface area contributed by atoms with Crippen LogP contribution in [0, 0.1) is 16.7 Å². The van der Waals surface area contributed by atoms with Gasteiger partial charge in [0.25, 0.3) is 0 Å². The van der Waals surface area contributed by atoms with Gasteiger partial charge in [-0.05, 0) is 24.2 Å². The third kappa shape index (κ3) is 0.647. The Balaban J connectivity index is 2.44. The van der Waals surface area contributed by atoms with Gasteiger partial charge in [-0.25, -0.2) is 0 Å². The lowest BCUT2D eigenvalue weighted by Gasteiger charge is -2.36. The van der Waals surface area contributed by atoms with Crippen molar-refractivity contribution in [2.45, 2.75) is 45.8 Å². The molecule has 2 nitrogen and oxygen atoms in total. The Hall–Kier alpha value is -0.0800. The number of aliphatic hydroxyl groups is 1. The maximum absolute atomic E-state index is 9.96. The van der Waals surface area contributed by atoms with E-state index >= 15 is 0 Å². The van der Waals surface area contributed by atoms with Gasteiger partial charge >= 0.3 is 0 Å². The molecule has 0 unspecified atom stereocenters. The van der Waals surface area contributed by atoms with E-state index in [-0.39, 0.29) is 23.0 Å². The van der Waals surface area contributed by atoms with Gasteiger partial charge in [-0.3, -0.25) is 0 Å². The van der Waals surface area contributed by atoms with Crippen molar-refractivity contribution < 1.29 is 5.11 Å². The Kier molecular flexibility index (Phi) is 1.45. The highest BCUT2D eigenvalue weighted by molar-refractivity contribution is 5.16. The van der Waals surface area contributed by atoms with Crippen molar-refractivity contribution in [1.29, 1.82) is 0 Å². The SMILES string of the molecule is CC1(C)[C@H]2CC[C@@]1(C)[C@@H](O)[C@H]2N. The van der Waals surface area contributed by atoms with Gasteiger partial charge in [0, 0.05) is 11.5 Å². The van der Waals surface area contributed by atoms with Crippen LogP contribution in [-0.4, -0.2) is 17.3 Å². The van der Waals surface area contributed by atoms with Crippen LogP contribution in [0.3, 0.4) is 0 Å². The molecule has 0 aromatic carbocycles. The number of hydrogen-bond donors (Lipinski definition) is 2. The Morgan fingerprint density at radius 1 is 1.33 bits per heavy atom. The van der Waals surface area contributed by atoms with E-state index < -0.39 is 0 Å². The number of nitrogens with two attached hydrogens (primary N) is 1. The minimum absolute atomic E-state index is 0.0127. The van der Waals surface area contributed by atoms with Gasteiger partial charge in [0.2, 0.25) is 0 Å². The fourth-order valence-corrected chi connectivity index (χ4v) is 3.41. The Labute approximate surface area is 74.1 Å². The van der Waals surface area contributed by atoms with Crippen LogP contribution in [0.2, 0.25) is 0 Å². The average Bonchev–Trinajstić information content (AvgIpc) is 2.26. The highest BCUT2D eigenvalue weighted by Crippen LogP contribution is 2.64. The van der Waals surface area contributed by atoms with Crippen molar-refractivity contribution in [2.75, 3.05) is 0 Å². The third-order valence-corrected chi connectivity index (χ3v) is 4.86. The molecule has 0 saturated heterocycles. The van der Waals surface area contributed by atoms with E-state index in [9.17, 15) is 5.11 Å². The average molecular weight is 169 g/mol. The highest BCUT2D eigenvalue weighted by atomic mass is 16.3. The molecule has 0 spiro atoms. The molecular weight excluding hydrogens is 150 g/mol. The fourth-order valence-electron chi connectivity index (χ4n) is 3.41. The lowest BCUT2D eigenvalue weighted by atomic mass is 9.70. The summed E-state index contributed by atoms with van der Waals surface area (Å²) in [4.78, 5) is 0. The second-order valence-electron chi connectivity index (χ2n) is 5.31. The maximum Gasteiger partial charge on any atom is 0.0752 e. The van der Waals surface area contributed by atoms with Gasteiger partial charge in [-0.1, -0.05) is 20.8 Å². The fraction of sp³-hybridized carbons (Fsp3) is 1.00. The lowest BCUT2D eigenvalue weighted by molar-refractivity contribution is 0.00582. The molecule has 2 heteroatoms. The van der Waals surface area contributed by atoms with Gasteiger partial charge in [0.05, 0.1) is 6.10 Å². The molecule has 4 atom stereocenters. The Bertz CT molecular complexity index is 214. The number of hydrogen-bond acceptors (Lipinski definition) is 2. The van der Waals surface area contributed by atoms with Crippen LogP contribution in [0.25, 0.3) is 0 Å². The zero-order valence-electron chi connectivity index (χ0n) is 8.17. The normalized spacial score (nSPS) is 56.2. The van der Waals surface area contributed by atoms with Crippen LogP contribution in [0.5, 0.6) is 0 Å². The summed E-state index contributed by atoms with van der Waals surface area (Å²) in [6, 6.07) is 0.0127. The summed E-state index contributed by atoms with van der Waals surface area (Å²) in [6.45, 7) is 6.69. The minimum Gasteiger partial charge on any atom is -0.391 e. The quantitative estimate of drug-likeness (QED) is 0.571. The van der Waals surface area contributed by atoms with E-state index in [0.717, 1.165) is 6.42 Å². The van der Waals surface area contributed by atoms with Crippen LogP contribution in [0.1, 0.15) is 33.6 Å². The molecule has 0 radical (unpaired) electrons. The van der Waals surface area contributed by atoms with Crippen molar-refractivity contribution in [3.63, 3.8) is 0 Å². The summed E-state index contributed by atoms with van der Waals surface area (Å²) in [5.41, 5.74) is 6.27. The zero-order chi connectivity index (χ0) is 9.15. The first-order valence-corrected chi connectivity index (χ1v) is 4.85. The monoisotopic (exact) mass is 169 g/mol. The predicted molar refractivity (Wildman–Crippen MR) is 48.6 cm³/mol. The molecule has 3 N–H and O–H groups in total. The molecule has 2 saturated carbocycles. The molecule has 0 heterocycles. The predicted octanol–water partition coefficient (Wildman–Crippen LogP) is 1.13. The zero-order valence-corrected chi connectivity index (χ0v) is 8.17. The molecule has 12 heavy (non-hydrogen) atoms. The standard InChI is InChI=1S/C10H19NO/c1-9(2)6-4-5-10(9,3)8(12)7(6)11/h6-8,12H,4-5,11H2,1-3H3/t6-,7-,8-,10-/m0/s1. The molecule has 2 aliphatic carbocycles. The Morgan fingerprint density at radius 3 is 2.17 bits per heavy atom. The van der Waals surface area contributed by atoms with E-state index in [1.165, 1.54) is 6.42 Å². The molecule has 0 aromatic rings. The smallest absolute Gasteiger partial charge is 0.0752 e. The molecule has 2 fully saturated rings. The van der Waals surface area contributed by atoms with Crippen molar-refractivity contribution in [3.8, 4) is 0 Å². The van der Waals surface area contributed by atoms with Crippen molar-refractivity contribution in [3.05, 3.63) is 0 Å². The van der Waals surface area contributed by atoms with Crippen LogP contribution >= 0.6 is 0 Å². The van der Waals surface area contributed by atoms with Crippen LogP contribution < -0.4 is 5.73 Å². The number of rotatable bonds is 0. The molecule has 0 aromatic heterocycles. The Morgan fingerprint density at radius 2 is 1.92 bits per heavy atom. The van der Waals surface area contributed by atoms with Crippen molar-refractivity contribution in [1.82, 2.24) is 0 Å². The highest BCUT2D eigenvalue weighted by Gasteiger charge is 2.64. The van der Waals surface area contributed by atoms with Crippen molar-refractivity contribution in [2.24, 2.45) is 22.5 Å². The summed E-state index contributed by atoms with van der Waals surface area (Å²) in [5.74, 6) is 0.525. The second-order valence-corrected chi connectivity index (χ2v) is 5.31. The van der Waals surface area contributed by atoms with E-state index in [0.29, 0.717) is 5.92 Å². The maximum atomic E-state index is 9.96. The topological polar surface area (TPSA) is 46.2 Å². The summed E-state index contributed by atoms with van der Waals surface area (Å²) in [5, 5.41) is 9.96. The molecule has 0 amide bonds.